The van der Waals surface area contributed by atoms with Crippen LogP contribution in [0.25, 0.3) is 0 Å². The van der Waals surface area contributed by atoms with E-state index in [4.69, 9.17) is 12.8 Å². The zero-order chi connectivity index (χ0) is 8.86. The number of piperidine rings is 1. The Balaban J connectivity index is 2.58. The summed E-state index contributed by atoms with van der Waals surface area (Å²) in [6.07, 6.45) is 14.6. The van der Waals surface area contributed by atoms with Crippen LogP contribution >= 0.6 is 0 Å². The lowest BCUT2D eigenvalue weighted by Crippen LogP contribution is -2.51. The molecule has 0 aromatic rings. The maximum Gasteiger partial charge on any atom is 0.141 e. The van der Waals surface area contributed by atoms with Gasteiger partial charge in [-0.15, -0.1) is 12.8 Å². The Bertz CT molecular complexity index is 192. The molecule has 0 amide bonds. The number of quaternary nitrogens is 1. The molecule has 0 atom stereocenters. The Morgan fingerprint density at radius 1 is 0.917 bits per heavy atom. The molecule has 1 fully saturated rings. The SMILES string of the molecule is C#CC[N+]1(CC#C)CCCCC1. The fraction of sp³-hybridized carbons (Fsp3) is 0.636. The van der Waals surface area contributed by atoms with Crippen molar-refractivity contribution in [1.82, 2.24) is 0 Å². The Hall–Kier alpha value is -0.920. The lowest BCUT2D eigenvalue weighted by molar-refractivity contribution is -0.919. The summed E-state index contributed by atoms with van der Waals surface area (Å²) in [5, 5.41) is 0. The number of hydrogen-bond acceptors (Lipinski definition) is 0. The van der Waals surface area contributed by atoms with Gasteiger partial charge in [0.1, 0.15) is 13.1 Å². The van der Waals surface area contributed by atoms with Crippen molar-refractivity contribution in [2.75, 3.05) is 26.2 Å². The van der Waals surface area contributed by atoms with Gasteiger partial charge in [-0.1, -0.05) is 0 Å². The molecule has 1 heteroatoms. The van der Waals surface area contributed by atoms with Crippen molar-refractivity contribution in [2.45, 2.75) is 19.3 Å². The Morgan fingerprint density at radius 3 is 1.83 bits per heavy atom. The normalized spacial score (nSPS) is 20.8. The van der Waals surface area contributed by atoms with Crippen molar-refractivity contribution >= 4 is 0 Å². The molecule has 0 saturated carbocycles. The summed E-state index contributed by atoms with van der Waals surface area (Å²) in [6, 6.07) is 0. The van der Waals surface area contributed by atoms with Crippen molar-refractivity contribution in [3.8, 4) is 24.7 Å². The molecule has 0 unspecified atom stereocenters. The average molecular weight is 162 g/mol. The molecule has 64 valence electrons. The van der Waals surface area contributed by atoms with Gasteiger partial charge in [0.2, 0.25) is 0 Å². The highest BCUT2D eigenvalue weighted by atomic mass is 15.3. The third kappa shape index (κ3) is 2.03. The summed E-state index contributed by atoms with van der Waals surface area (Å²) < 4.78 is 0.965. The van der Waals surface area contributed by atoms with Gasteiger partial charge in [-0.25, -0.2) is 0 Å². The van der Waals surface area contributed by atoms with Crippen LogP contribution in [0.3, 0.4) is 0 Å². The van der Waals surface area contributed by atoms with Gasteiger partial charge >= 0.3 is 0 Å². The second kappa shape index (κ2) is 4.19. The summed E-state index contributed by atoms with van der Waals surface area (Å²) >= 11 is 0. The van der Waals surface area contributed by atoms with Crippen molar-refractivity contribution in [3.05, 3.63) is 0 Å². The van der Waals surface area contributed by atoms with E-state index in [2.05, 4.69) is 11.8 Å². The standard InChI is InChI=1S/C11H16N/c1-3-8-12(9-4-2)10-6-5-7-11-12/h1-2H,5-11H2/q+1. The van der Waals surface area contributed by atoms with Crippen LogP contribution in [0.5, 0.6) is 0 Å². The van der Waals surface area contributed by atoms with Crippen LogP contribution in [0.1, 0.15) is 19.3 Å². The summed E-state index contributed by atoms with van der Waals surface area (Å²) in [7, 11) is 0. The van der Waals surface area contributed by atoms with Gasteiger partial charge in [0.15, 0.2) is 0 Å². The van der Waals surface area contributed by atoms with E-state index in [1.54, 1.807) is 0 Å². The molecule has 12 heavy (non-hydrogen) atoms. The van der Waals surface area contributed by atoms with E-state index < -0.39 is 0 Å². The predicted octanol–water partition coefficient (Wildman–Crippen LogP) is 1.25. The molecule has 1 aliphatic heterocycles. The van der Waals surface area contributed by atoms with Gasteiger partial charge in [0.25, 0.3) is 0 Å². The molecule has 0 aromatic heterocycles. The zero-order valence-corrected chi connectivity index (χ0v) is 7.55. The molecule has 1 rings (SSSR count). The lowest BCUT2D eigenvalue weighted by atomic mass is 10.1. The third-order valence-corrected chi connectivity index (χ3v) is 2.62. The van der Waals surface area contributed by atoms with Gasteiger partial charge in [0.05, 0.1) is 13.1 Å². The van der Waals surface area contributed by atoms with E-state index in [0.29, 0.717) is 0 Å². The molecule has 1 heterocycles. The number of nitrogens with zero attached hydrogens (tertiary/aromatic N) is 1. The molecular weight excluding hydrogens is 146 g/mol. The van der Waals surface area contributed by atoms with E-state index in [1.165, 1.54) is 32.4 Å². The first kappa shape index (κ1) is 9.17. The molecule has 0 aliphatic carbocycles. The number of terminal acetylenes is 2. The summed E-state index contributed by atoms with van der Waals surface area (Å²) in [5.41, 5.74) is 0. The predicted molar refractivity (Wildman–Crippen MR) is 51.2 cm³/mol. The molecule has 0 N–H and O–H groups in total. The first-order valence-electron chi connectivity index (χ1n) is 4.55. The van der Waals surface area contributed by atoms with Crippen LogP contribution in [-0.4, -0.2) is 30.7 Å². The highest BCUT2D eigenvalue weighted by molar-refractivity contribution is 4.89. The molecule has 0 bridgehead atoms. The molecule has 1 aliphatic rings. The summed E-state index contributed by atoms with van der Waals surface area (Å²) in [4.78, 5) is 0. The lowest BCUT2D eigenvalue weighted by Gasteiger charge is -2.38. The summed E-state index contributed by atoms with van der Waals surface area (Å²) in [6.45, 7) is 3.97. The van der Waals surface area contributed by atoms with Gasteiger partial charge in [-0.2, -0.15) is 0 Å². The average Bonchev–Trinajstić information content (AvgIpc) is 2.07. The van der Waals surface area contributed by atoms with Crippen LogP contribution in [-0.2, 0) is 0 Å². The number of rotatable bonds is 2. The highest BCUT2D eigenvalue weighted by Gasteiger charge is 2.27. The maximum atomic E-state index is 5.34. The molecule has 0 aromatic carbocycles. The minimum atomic E-state index is 0.810. The largest absolute Gasteiger partial charge is 0.303 e. The quantitative estimate of drug-likeness (QED) is 0.423. The molecule has 1 nitrogen and oxygen atoms in total. The van der Waals surface area contributed by atoms with E-state index in [0.717, 1.165) is 17.6 Å². The van der Waals surface area contributed by atoms with E-state index in [-0.39, 0.29) is 0 Å². The Kier molecular flexibility index (Phi) is 3.20. The third-order valence-electron chi connectivity index (χ3n) is 2.62. The second-order valence-electron chi connectivity index (χ2n) is 3.57. The van der Waals surface area contributed by atoms with Crippen LogP contribution < -0.4 is 0 Å². The summed E-state index contributed by atoms with van der Waals surface area (Å²) in [5.74, 6) is 5.48. The number of likely N-dealkylation sites (tertiary alicyclic amines) is 1. The second-order valence-corrected chi connectivity index (χ2v) is 3.57. The highest BCUT2D eigenvalue weighted by Crippen LogP contribution is 2.17. The first-order valence-corrected chi connectivity index (χ1v) is 4.55. The minimum absolute atomic E-state index is 0.810. The van der Waals surface area contributed by atoms with Crippen LogP contribution in [0, 0.1) is 24.7 Å². The maximum absolute atomic E-state index is 5.34. The topological polar surface area (TPSA) is 0 Å². The van der Waals surface area contributed by atoms with Crippen LogP contribution in [0.2, 0.25) is 0 Å². The van der Waals surface area contributed by atoms with Crippen molar-refractivity contribution in [3.63, 3.8) is 0 Å². The van der Waals surface area contributed by atoms with E-state index in [9.17, 15) is 0 Å². The first-order chi connectivity index (χ1) is 5.83. The molecular formula is C11H16N+. The number of hydrogen-bond donors (Lipinski definition) is 0. The monoisotopic (exact) mass is 162 g/mol. The Labute approximate surface area is 75.4 Å². The van der Waals surface area contributed by atoms with E-state index in [1.807, 2.05) is 0 Å². The minimum Gasteiger partial charge on any atom is -0.303 e. The van der Waals surface area contributed by atoms with Crippen molar-refractivity contribution in [1.29, 1.82) is 0 Å². The van der Waals surface area contributed by atoms with Crippen LogP contribution in [0.15, 0.2) is 0 Å². The fourth-order valence-corrected chi connectivity index (χ4v) is 1.94. The van der Waals surface area contributed by atoms with Crippen molar-refractivity contribution in [2.24, 2.45) is 0 Å². The van der Waals surface area contributed by atoms with Gasteiger partial charge in [-0.3, -0.25) is 0 Å². The van der Waals surface area contributed by atoms with Gasteiger partial charge in [-0.05, 0) is 31.1 Å². The fourth-order valence-electron chi connectivity index (χ4n) is 1.94. The smallest absolute Gasteiger partial charge is 0.141 e. The molecule has 1 saturated heterocycles. The van der Waals surface area contributed by atoms with Gasteiger partial charge in [0, 0.05) is 0 Å². The van der Waals surface area contributed by atoms with Crippen molar-refractivity contribution < 1.29 is 4.48 Å². The Morgan fingerprint density at radius 2 is 1.42 bits per heavy atom. The molecule has 0 spiro atoms. The van der Waals surface area contributed by atoms with Crippen LogP contribution in [0.4, 0.5) is 0 Å². The van der Waals surface area contributed by atoms with E-state index >= 15 is 0 Å². The van der Waals surface area contributed by atoms with Gasteiger partial charge < -0.3 is 4.48 Å². The zero-order valence-electron chi connectivity index (χ0n) is 7.55. The molecule has 0 radical (unpaired) electrons.